The quantitative estimate of drug-likeness (QED) is 0.752. The molecule has 2 aromatic carbocycles. The van der Waals surface area contributed by atoms with Crippen LogP contribution in [-0.2, 0) is 6.42 Å². The first-order valence-electron chi connectivity index (χ1n) is 8.69. The van der Waals surface area contributed by atoms with E-state index >= 15 is 0 Å². The van der Waals surface area contributed by atoms with Gasteiger partial charge in [-0.15, -0.1) is 0 Å². The van der Waals surface area contributed by atoms with Crippen LogP contribution in [0.2, 0.25) is 0 Å². The Bertz CT molecular complexity index is 694. The van der Waals surface area contributed by atoms with Crippen molar-refractivity contribution in [1.29, 1.82) is 0 Å². The van der Waals surface area contributed by atoms with Crippen molar-refractivity contribution in [3.63, 3.8) is 0 Å². The third-order valence-corrected chi connectivity index (χ3v) is 4.32. The van der Waals surface area contributed by atoms with E-state index in [1.165, 1.54) is 16.0 Å². The van der Waals surface area contributed by atoms with E-state index in [0.29, 0.717) is 5.75 Å². The van der Waals surface area contributed by atoms with Gasteiger partial charge in [-0.05, 0) is 62.3 Å². The molecule has 0 radical (unpaired) electrons. The Morgan fingerprint density at radius 1 is 0.923 bits per heavy atom. The van der Waals surface area contributed by atoms with Crippen molar-refractivity contribution < 1.29 is 14.3 Å². The highest BCUT2D eigenvalue weighted by molar-refractivity contribution is 5.69. The lowest BCUT2D eigenvalue weighted by atomic mass is 9.98. The van der Waals surface area contributed by atoms with Crippen LogP contribution < -0.4 is 9.47 Å². The molecule has 0 aliphatic carbocycles. The van der Waals surface area contributed by atoms with Gasteiger partial charge in [-0.1, -0.05) is 24.3 Å². The Morgan fingerprint density at radius 2 is 1.50 bits per heavy atom. The highest BCUT2D eigenvalue weighted by Crippen LogP contribution is 2.26. The summed E-state index contributed by atoms with van der Waals surface area (Å²) in [6, 6.07) is 16.2. The van der Waals surface area contributed by atoms with Crippen molar-refractivity contribution in [3.05, 3.63) is 59.7 Å². The first-order chi connectivity index (χ1) is 12.4. The van der Waals surface area contributed by atoms with Crippen LogP contribution in [0.25, 0.3) is 0 Å². The number of benzene rings is 2. The number of methoxy groups -OCH3 is 1. The molecule has 0 aliphatic rings. The van der Waals surface area contributed by atoms with Crippen LogP contribution in [-0.4, -0.2) is 51.2 Å². The van der Waals surface area contributed by atoms with Crippen molar-refractivity contribution >= 4 is 6.09 Å². The molecule has 0 N–H and O–H groups in total. The van der Waals surface area contributed by atoms with Crippen LogP contribution in [0, 0.1) is 0 Å². The number of hydrogen-bond donors (Lipinski definition) is 0. The van der Waals surface area contributed by atoms with E-state index in [9.17, 15) is 4.79 Å². The number of nitrogens with zero attached hydrogens (tertiary/aromatic N) is 2. The van der Waals surface area contributed by atoms with Gasteiger partial charge in [0.25, 0.3) is 0 Å². The standard InChI is InChI=1S/C21H28N2O3/c1-22(2)20(15-8-16-6-11-18(25-5)12-7-16)17-9-13-19(14-10-17)26-21(24)23(3)4/h6-7,9-14,20H,8,15H2,1-5H3. The van der Waals surface area contributed by atoms with Crippen molar-refractivity contribution in [2.75, 3.05) is 35.3 Å². The first kappa shape index (κ1) is 19.8. The van der Waals surface area contributed by atoms with Crippen molar-refractivity contribution in [2.24, 2.45) is 0 Å². The second-order valence-corrected chi connectivity index (χ2v) is 6.70. The van der Waals surface area contributed by atoms with E-state index in [1.807, 2.05) is 36.4 Å². The Balaban J connectivity index is 2.02. The molecule has 0 saturated carbocycles. The van der Waals surface area contributed by atoms with Gasteiger partial charge < -0.3 is 19.3 Å². The Morgan fingerprint density at radius 3 is 2.00 bits per heavy atom. The van der Waals surface area contributed by atoms with Crippen LogP contribution in [0.1, 0.15) is 23.6 Å². The molecule has 0 spiro atoms. The zero-order valence-electron chi connectivity index (χ0n) is 16.2. The van der Waals surface area contributed by atoms with Gasteiger partial charge in [0, 0.05) is 20.1 Å². The maximum absolute atomic E-state index is 11.6. The number of rotatable bonds is 7. The molecular weight excluding hydrogens is 328 g/mol. The van der Waals surface area contributed by atoms with Crippen molar-refractivity contribution in [2.45, 2.75) is 18.9 Å². The summed E-state index contributed by atoms with van der Waals surface area (Å²) in [6.07, 6.45) is 1.60. The molecule has 1 unspecified atom stereocenters. The minimum absolute atomic E-state index is 0.288. The van der Waals surface area contributed by atoms with Crippen LogP contribution in [0.5, 0.6) is 11.5 Å². The molecule has 2 rings (SSSR count). The summed E-state index contributed by atoms with van der Waals surface area (Å²) in [5.41, 5.74) is 2.49. The molecule has 26 heavy (non-hydrogen) atoms. The Hall–Kier alpha value is -2.53. The molecular formula is C21H28N2O3. The van der Waals surface area contributed by atoms with Gasteiger partial charge in [0.15, 0.2) is 0 Å². The molecule has 0 fully saturated rings. The van der Waals surface area contributed by atoms with E-state index in [2.05, 4.69) is 31.1 Å². The molecule has 140 valence electrons. The minimum atomic E-state index is -0.374. The molecule has 5 nitrogen and oxygen atoms in total. The fourth-order valence-corrected chi connectivity index (χ4v) is 2.77. The maximum atomic E-state index is 11.6. The van der Waals surface area contributed by atoms with Gasteiger partial charge in [0.1, 0.15) is 11.5 Å². The summed E-state index contributed by atoms with van der Waals surface area (Å²) in [6.45, 7) is 0. The lowest BCUT2D eigenvalue weighted by molar-refractivity contribution is 0.172. The summed E-state index contributed by atoms with van der Waals surface area (Å²) in [4.78, 5) is 15.3. The van der Waals surface area contributed by atoms with E-state index in [0.717, 1.165) is 18.6 Å². The molecule has 0 saturated heterocycles. The predicted molar refractivity (Wildman–Crippen MR) is 104 cm³/mol. The third-order valence-electron chi connectivity index (χ3n) is 4.32. The van der Waals surface area contributed by atoms with Gasteiger partial charge in [0.05, 0.1) is 7.11 Å². The number of hydrogen-bond acceptors (Lipinski definition) is 4. The molecule has 1 atom stereocenters. The minimum Gasteiger partial charge on any atom is -0.497 e. The van der Waals surface area contributed by atoms with Crippen LogP contribution in [0.15, 0.2) is 48.5 Å². The number of carbonyl (C=O) groups is 1. The highest BCUT2D eigenvalue weighted by Gasteiger charge is 2.15. The zero-order chi connectivity index (χ0) is 19.1. The number of ether oxygens (including phenoxy) is 2. The number of aryl methyl sites for hydroxylation is 1. The van der Waals surface area contributed by atoms with E-state index in [1.54, 1.807) is 21.2 Å². The maximum Gasteiger partial charge on any atom is 0.414 e. The Kier molecular flexibility index (Phi) is 7.04. The summed E-state index contributed by atoms with van der Waals surface area (Å²) in [7, 11) is 9.17. The third kappa shape index (κ3) is 5.49. The van der Waals surface area contributed by atoms with Gasteiger partial charge in [-0.2, -0.15) is 0 Å². The van der Waals surface area contributed by atoms with Gasteiger partial charge >= 0.3 is 6.09 Å². The monoisotopic (exact) mass is 356 g/mol. The smallest absolute Gasteiger partial charge is 0.414 e. The predicted octanol–water partition coefficient (Wildman–Crippen LogP) is 3.99. The van der Waals surface area contributed by atoms with Gasteiger partial charge in [-0.3, -0.25) is 0 Å². The molecule has 0 aromatic heterocycles. The number of amides is 1. The highest BCUT2D eigenvalue weighted by atomic mass is 16.6. The molecule has 0 bridgehead atoms. The molecule has 5 heteroatoms. The van der Waals surface area contributed by atoms with E-state index in [-0.39, 0.29) is 12.1 Å². The normalized spacial score (nSPS) is 11.9. The zero-order valence-corrected chi connectivity index (χ0v) is 16.2. The number of carbonyl (C=O) groups excluding carboxylic acids is 1. The van der Waals surface area contributed by atoms with Gasteiger partial charge in [0.2, 0.25) is 0 Å². The van der Waals surface area contributed by atoms with Gasteiger partial charge in [-0.25, -0.2) is 4.79 Å². The second-order valence-electron chi connectivity index (χ2n) is 6.70. The van der Waals surface area contributed by atoms with E-state index < -0.39 is 0 Å². The molecule has 2 aromatic rings. The van der Waals surface area contributed by atoms with Crippen LogP contribution in [0.4, 0.5) is 4.79 Å². The fraction of sp³-hybridized carbons (Fsp3) is 0.381. The van der Waals surface area contributed by atoms with Crippen LogP contribution >= 0.6 is 0 Å². The summed E-state index contributed by atoms with van der Waals surface area (Å²) in [5, 5.41) is 0. The first-order valence-corrected chi connectivity index (χ1v) is 8.69. The van der Waals surface area contributed by atoms with Crippen LogP contribution in [0.3, 0.4) is 0 Å². The SMILES string of the molecule is COc1ccc(CCC(c2ccc(OC(=O)N(C)C)cc2)N(C)C)cc1. The average molecular weight is 356 g/mol. The topological polar surface area (TPSA) is 42.0 Å². The van der Waals surface area contributed by atoms with Crippen molar-refractivity contribution in [3.8, 4) is 11.5 Å². The lowest BCUT2D eigenvalue weighted by Crippen LogP contribution is -2.25. The molecule has 0 heterocycles. The van der Waals surface area contributed by atoms with E-state index in [4.69, 9.17) is 9.47 Å². The largest absolute Gasteiger partial charge is 0.497 e. The summed E-state index contributed by atoms with van der Waals surface area (Å²) < 4.78 is 10.5. The van der Waals surface area contributed by atoms with Crippen molar-refractivity contribution in [1.82, 2.24) is 9.80 Å². The molecule has 0 aliphatic heterocycles. The fourth-order valence-electron chi connectivity index (χ4n) is 2.77. The summed E-state index contributed by atoms with van der Waals surface area (Å²) in [5.74, 6) is 1.43. The second kappa shape index (κ2) is 9.25. The Labute approximate surface area is 156 Å². The summed E-state index contributed by atoms with van der Waals surface area (Å²) >= 11 is 0. The lowest BCUT2D eigenvalue weighted by Gasteiger charge is -2.25. The molecule has 1 amide bonds. The average Bonchev–Trinajstić information content (AvgIpc) is 2.63.